The molecular weight excluding hydrogens is 491 g/mol. The number of halogens is 1. The molecule has 5 rings (SSSR count). The zero-order chi connectivity index (χ0) is 26.0. The first-order valence-corrected chi connectivity index (χ1v) is 13.5. The number of anilines is 1. The van der Waals surface area contributed by atoms with Gasteiger partial charge >= 0.3 is 0 Å². The summed E-state index contributed by atoms with van der Waals surface area (Å²) in [5.41, 5.74) is 2.79. The second kappa shape index (κ2) is 10.3. The van der Waals surface area contributed by atoms with E-state index in [1.54, 1.807) is 66.6 Å². The lowest BCUT2D eigenvalue weighted by Crippen LogP contribution is -2.48. The molecule has 9 heteroatoms. The maximum Gasteiger partial charge on any atom is 0.264 e. The van der Waals surface area contributed by atoms with E-state index in [1.165, 1.54) is 6.07 Å². The zero-order valence-corrected chi connectivity index (χ0v) is 21.2. The Bertz CT molecular complexity index is 1540. The average Bonchev–Trinajstić information content (AvgIpc) is 2.91. The van der Waals surface area contributed by atoms with E-state index in [-0.39, 0.29) is 16.6 Å². The van der Waals surface area contributed by atoms with Crippen LogP contribution >= 0.6 is 0 Å². The molecule has 4 aromatic rings. The molecule has 1 N–H and O–H groups in total. The van der Waals surface area contributed by atoms with Crippen LogP contribution in [0, 0.1) is 12.7 Å². The minimum atomic E-state index is -3.87. The first-order chi connectivity index (χ1) is 17.8. The number of para-hydroxylation sites is 1. The number of carbonyl (C=O) groups is 1. The molecule has 0 unspecified atom stereocenters. The maximum atomic E-state index is 13.8. The van der Waals surface area contributed by atoms with Crippen LogP contribution in [0.25, 0.3) is 10.9 Å². The Balaban J connectivity index is 1.21. The minimum absolute atomic E-state index is 0.0944. The number of carbonyl (C=O) groups excluding carboxylic acids is 1. The van der Waals surface area contributed by atoms with Crippen LogP contribution in [-0.4, -0.2) is 55.3 Å². The van der Waals surface area contributed by atoms with Crippen molar-refractivity contribution in [3.05, 3.63) is 102 Å². The predicted octanol–water partition coefficient (Wildman–Crippen LogP) is 4.44. The molecule has 2 heterocycles. The molecule has 1 amide bonds. The number of aryl methyl sites for hydroxylation is 1. The highest BCUT2D eigenvalue weighted by Gasteiger charge is 2.23. The largest absolute Gasteiger partial charge is 0.336 e. The summed E-state index contributed by atoms with van der Waals surface area (Å²) in [6.07, 6.45) is 1.56. The lowest BCUT2D eigenvalue weighted by Gasteiger charge is -2.34. The van der Waals surface area contributed by atoms with E-state index < -0.39 is 10.0 Å². The molecular formula is C28H27FN4O3S. The van der Waals surface area contributed by atoms with Crippen LogP contribution in [0.1, 0.15) is 21.5 Å². The molecule has 0 aliphatic carbocycles. The van der Waals surface area contributed by atoms with E-state index in [9.17, 15) is 17.6 Å². The van der Waals surface area contributed by atoms with Gasteiger partial charge in [-0.2, -0.15) is 0 Å². The molecule has 190 valence electrons. The summed E-state index contributed by atoms with van der Waals surface area (Å²) in [6, 6.07) is 20.3. The average molecular weight is 519 g/mol. The predicted molar refractivity (Wildman–Crippen MR) is 141 cm³/mol. The lowest BCUT2D eigenvalue weighted by atomic mass is 10.1. The number of nitrogens with zero attached hydrogens (tertiary/aromatic N) is 3. The van der Waals surface area contributed by atoms with Gasteiger partial charge in [-0.3, -0.25) is 19.4 Å². The molecule has 0 radical (unpaired) electrons. The first kappa shape index (κ1) is 24.9. The molecule has 1 fully saturated rings. The van der Waals surface area contributed by atoms with Gasteiger partial charge in [-0.05, 0) is 60.5 Å². The van der Waals surface area contributed by atoms with Gasteiger partial charge in [-0.15, -0.1) is 0 Å². The van der Waals surface area contributed by atoms with Crippen LogP contribution in [-0.2, 0) is 16.6 Å². The Morgan fingerprint density at radius 2 is 1.70 bits per heavy atom. The second-order valence-electron chi connectivity index (χ2n) is 9.17. The summed E-state index contributed by atoms with van der Waals surface area (Å²) >= 11 is 0. The maximum absolute atomic E-state index is 13.8. The highest BCUT2D eigenvalue weighted by molar-refractivity contribution is 7.93. The number of fused-ring (bicyclic) bond motifs is 1. The number of aromatic nitrogens is 1. The number of pyridine rings is 1. The minimum Gasteiger partial charge on any atom is -0.336 e. The van der Waals surface area contributed by atoms with Gasteiger partial charge in [-0.1, -0.05) is 30.3 Å². The molecule has 0 bridgehead atoms. The molecule has 7 nitrogen and oxygen atoms in total. The fourth-order valence-electron chi connectivity index (χ4n) is 4.47. The number of rotatable bonds is 6. The molecule has 37 heavy (non-hydrogen) atoms. The Kier molecular flexibility index (Phi) is 6.90. The molecule has 0 spiro atoms. The fraction of sp³-hybridized carbons (Fsp3) is 0.214. The third kappa shape index (κ3) is 5.47. The second-order valence-corrected chi connectivity index (χ2v) is 10.8. The van der Waals surface area contributed by atoms with Gasteiger partial charge in [0.15, 0.2) is 0 Å². The highest BCUT2D eigenvalue weighted by Crippen LogP contribution is 2.24. The third-order valence-electron chi connectivity index (χ3n) is 6.57. The quantitative estimate of drug-likeness (QED) is 0.408. The Morgan fingerprint density at radius 3 is 2.43 bits per heavy atom. The summed E-state index contributed by atoms with van der Waals surface area (Å²) in [5.74, 6) is -0.306. The molecule has 0 saturated carbocycles. The van der Waals surface area contributed by atoms with Crippen LogP contribution in [0.5, 0.6) is 0 Å². The van der Waals surface area contributed by atoms with Gasteiger partial charge in [0.05, 0.1) is 5.52 Å². The van der Waals surface area contributed by atoms with Crippen molar-refractivity contribution in [2.75, 3.05) is 30.9 Å². The molecule has 0 atom stereocenters. The number of amides is 1. The van der Waals surface area contributed by atoms with Gasteiger partial charge in [0.2, 0.25) is 0 Å². The van der Waals surface area contributed by atoms with E-state index in [0.717, 1.165) is 10.9 Å². The molecule has 1 aromatic heterocycles. The van der Waals surface area contributed by atoms with Gasteiger partial charge < -0.3 is 4.90 Å². The van der Waals surface area contributed by atoms with Crippen molar-refractivity contribution >= 4 is 32.5 Å². The van der Waals surface area contributed by atoms with Crippen molar-refractivity contribution in [2.45, 2.75) is 18.4 Å². The standard InChI is InChI=1S/C28H27FN4O3S/c1-20-7-8-21(18-25(20)29)19-32-14-16-33(17-15-32)28(34)23-9-11-24(12-10-23)31-37(35,36)26-6-2-4-22-5-3-13-30-27(22)26/h2-13,18,31H,14-17,19H2,1H3. The van der Waals surface area contributed by atoms with E-state index in [2.05, 4.69) is 14.6 Å². The van der Waals surface area contributed by atoms with Crippen molar-refractivity contribution in [3.8, 4) is 0 Å². The van der Waals surface area contributed by atoms with Gasteiger partial charge in [0.1, 0.15) is 10.7 Å². The topological polar surface area (TPSA) is 82.6 Å². The molecule has 1 saturated heterocycles. The van der Waals surface area contributed by atoms with E-state index in [0.29, 0.717) is 55.1 Å². The summed E-state index contributed by atoms with van der Waals surface area (Å²) in [6.45, 7) is 4.90. The van der Waals surface area contributed by atoms with Crippen molar-refractivity contribution in [1.82, 2.24) is 14.8 Å². The smallest absolute Gasteiger partial charge is 0.264 e. The number of benzene rings is 3. The summed E-state index contributed by atoms with van der Waals surface area (Å²) < 4.78 is 42.5. The Labute approximate surface area is 215 Å². The molecule has 3 aromatic carbocycles. The zero-order valence-electron chi connectivity index (χ0n) is 20.4. The van der Waals surface area contributed by atoms with Gasteiger partial charge in [0, 0.05) is 55.6 Å². The van der Waals surface area contributed by atoms with Crippen LogP contribution in [0.2, 0.25) is 0 Å². The van der Waals surface area contributed by atoms with Crippen molar-refractivity contribution < 1.29 is 17.6 Å². The summed E-state index contributed by atoms with van der Waals surface area (Å²) in [5, 5.41) is 0.734. The SMILES string of the molecule is Cc1ccc(CN2CCN(C(=O)c3ccc(NS(=O)(=O)c4cccc5cccnc45)cc3)CC2)cc1F. The Morgan fingerprint density at radius 1 is 0.973 bits per heavy atom. The summed E-state index contributed by atoms with van der Waals surface area (Å²) in [4.78, 5) is 21.3. The normalized spacial score (nSPS) is 14.6. The number of nitrogens with one attached hydrogen (secondary N) is 1. The van der Waals surface area contributed by atoms with Gasteiger partial charge in [0.25, 0.3) is 15.9 Å². The number of hydrogen-bond donors (Lipinski definition) is 1. The highest BCUT2D eigenvalue weighted by atomic mass is 32.2. The number of piperazine rings is 1. The van der Waals surface area contributed by atoms with Crippen molar-refractivity contribution in [2.24, 2.45) is 0 Å². The van der Waals surface area contributed by atoms with Crippen LogP contribution < -0.4 is 4.72 Å². The fourth-order valence-corrected chi connectivity index (χ4v) is 5.71. The number of sulfonamides is 1. The van der Waals surface area contributed by atoms with E-state index in [4.69, 9.17) is 0 Å². The number of hydrogen-bond acceptors (Lipinski definition) is 5. The van der Waals surface area contributed by atoms with Crippen LogP contribution in [0.4, 0.5) is 10.1 Å². The van der Waals surface area contributed by atoms with E-state index in [1.807, 2.05) is 18.2 Å². The van der Waals surface area contributed by atoms with Crippen molar-refractivity contribution in [3.63, 3.8) is 0 Å². The van der Waals surface area contributed by atoms with Crippen LogP contribution in [0.15, 0.2) is 83.9 Å². The third-order valence-corrected chi connectivity index (χ3v) is 7.98. The Hall–Kier alpha value is -3.82. The van der Waals surface area contributed by atoms with Gasteiger partial charge in [-0.25, -0.2) is 12.8 Å². The van der Waals surface area contributed by atoms with Crippen molar-refractivity contribution in [1.29, 1.82) is 0 Å². The molecule has 1 aliphatic heterocycles. The van der Waals surface area contributed by atoms with Crippen LogP contribution in [0.3, 0.4) is 0 Å². The first-order valence-electron chi connectivity index (χ1n) is 12.0. The van der Waals surface area contributed by atoms with E-state index >= 15 is 0 Å². The monoisotopic (exact) mass is 518 g/mol. The molecule has 1 aliphatic rings. The lowest BCUT2D eigenvalue weighted by molar-refractivity contribution is 0.0628. The summed E-state index contributed by atoms with van der Waals surface area (Å²) in [7, 11) is -3.87.